The van der Waals surface area contributed by atoms with Crippen LogP contribution >= 0.6 is 11.3 Å². The molecule has 3 rings (SSSR count). The molecule has 1 fully saturated rings. The number of carbonyl (C=O) groups excluding carboxylic acids is 1. The number of rotatable bonds is 6. The summed E-state index contributed by atoms with van der Waals surface area (Å²) in [4.78, 5) is 14.5. The van der Waals surface area contributed by atoms with Crippen molar-refractivity contribution < 1.29 is 9.21 Å². The summed E-state index contributed by atoms with van der Waals surface area (Å²) in [6.07, 6.45) is 2.69. The standard InChI is InChI=1S/C18H26N4O2S/c1-12(2)10-16-20-21-18(24-16)13(3)22-7-4-15(5-8-22)19-17(23)14-6-9-25-11-14/h6,9,11-13,15H,4-5,7-8,10H2,1-3H3,(H,19,23)/t13-/m1/s1. The maximum atomic E-state index is 12.2. The normalized spacial score (nSPS) is 17.8. The zero-order chi connectivity index (χ0) is 17.8. The molecule has 0 aromatic carbocycles. The van der Waals surface area contributed by atoms with E-state index in [0.717, 1.165) is 43.8 Å². The number of hydrogen-bond donors (Lipinski definition) is 1. The number of thiophene rings is 1. The summed E-state index contributed by atoms with van der Waals surface area (Å²) >= 11 is 1.54. The summed E-state index contributed by atoms with van der Waals surface area (Å²) < 4.78 is 5.82. The molecule has 1 atom stereocenters. The highest BCUT2D eigenvalue weighted by Crippen LogP contribution is 2.24. The molecule has 1 saturated heterocycles. The van der Waals surface area contributed by atoms with Gasteiger partial charge in [0.25, 0.3) is 5.91 Å². The van der Waals surface area contributed by atoms with Crippen LogP contribution in [0.5, 0.6) is 0 Å². The number of aromatic nitrogens is 2. The van der Waals surface area contributed by atoms with Gasteiger partial charge in [0, 0.05) is 36.5 Å². The van der Waals surface area contributed by atoms with E-state index in [1.807, 2.05) is 16.8 Å². The fourth-order valence-corrected chi connectivity index (χ4v) is 3.75. The van der Waals surface area contributed by atoms with Crippen LogP contribution in [-0.4, -0.2) is 40.1 Å². The topological polar surface area (TPSA) is 71.3 Å². The first-order valence-electron chi connectivity index (χ1n) is 8.92. The molecule has 0 radical (unpaired) electrons. The van der Waals surface area contributed by atoms with Crippen LogP contribution in [0.3, 0.4) is 0 Å². The third kappa shape index (κ3) is 4.67. The van der Waals surface area contributed by atoms with E-state index in [4.69, 9.17) is 4.42 Å². The molecule has 0 unspecified atom stereocenters. The molecule has 1 aliphatic heterocycles. The van der Waals surface area contributed by atoms with E-state index < -0.39 is 0 Å². The maximum Gasteiger partial charge on any atom is 0.252 e. The molecule has 0 aliphatic carbocycles. The zero-order valence-electron chi connectivity index (χ0n) is 15.1. The van der Waals surface area contributed by atoms with Crippen molar-refractivity contribution in [3.8, 4) is 0 Å². The quantitative estimate of drug-likeness (QED) is 0.854. The lowest BCUT2D eigenvalue weighted by Gasteiger charge is -2.34. The molecule has 136 valence electrons. The molecule has 1 amide bonds. The van der Waals surface area contributed by atoms with Crippen molar-refractivity contribution in [2.75, 3.05) is 13.1 Å². The summed E-state index contributed by atoms with van der Waals surface area (Å²) in [6.45, 7) is 8.22. The van der Waals surface area contributed by atoms with Crippen molar-refractivity contribution >= 4 is 17.2 Å². The number of piperidine rings is 1. The molecule has 3 heterocycles. The lowest BCUT2D eigenvalue weighted by Crippen LogP contribution is -2.45. The van der Waals surface area contributed by atoms with Crippen molar-refractivity contribution in [3.63, 3.8) is 0 Å². The number of amides is 1. The first-order chi connectivity index (χ1) is 12.0. The highest BCUT2D eigenvalue weighted by molar-refractivity contribution is 7.08. The minimum Gasteiger partial charge on any atom is -0.424 e. The molecule has 2 aromatic heterocycles. The highest BCUT2D eigenvalue weighted by Gasteiger charge is 2.27. The fraction of sp³-hybridized carbons (Fsp3) is 0.611. The monoisotopic (exact) mass is 362 g/mol. The largest absolute Gasteiger partial charge is 0.424 e. The van der Waals surface area contributed by atoms with E-state index in [9.17, 15) is 4.79 Å². The smallest absolute Gasteiger partial charge is 0.252 e. The van der Waals surface area contributed by atoms with E-state index >= 15 is 0 Å². The number of carbonyl (C=O) groups is 1. The molecule has 0 saturated carbocycles. The average molecular weight is 362 g/mol. The van der Waals surface area contributed by atoms with Gasteiger partial charge < -0.3 is 9.73 Å². The van der Waals surface area contributed by atoms with Gasteiger partial charge in [0.2, 0.25) is 11.8 Å². The lowest BCUT2D eigenvalue weighted by molar-refractivity contribution is 0.0884. The maximum absolute atomic E-state index is 12.2. The van der Waals surface area contributed by atoms with Crippen LogP contribution in [0.25, 0.3) is 0 Å². The van der Waals surface area contributed by atoms with E-state index in [-0.39, 0.29) is 18.0 Å². The molecule has 2 aromatic rings. The number of nitrogens with one attached hydrogen (secondary N) is 1. The molecule has 0 bridgehead atoms. The molecule has 7 heteroatoms. The molecule has 0 spiro atoms. The Hall–Kier alpha value is -1.73. The van der Waals surface area contributed by atoms with Crippen LogP contribution < -0.4 is 5.32 Å². The number of hydrogen-bond acceptors (Lipinski definition) is 6. The molecular weight excluding hydrogens is 336 g/mol. The summed E-state index contributed by atoms with van der Waals surface area (Å²) in [5, 5.41) is 15.3. The van der Waals surface area contributed by atoms with E-state index in [0.29, 0.717) is 11.8 Å². The first kappa shape index (κ1) is 18.1. The van der Waals surface area contributed by atoms with Crippen molar-refractivity contribution in [2.45, 2.75) is 52.1 Å². The second-order valence-electron chi connectivity index (χ2n) is 7.10. The second kappa shape index (κ2) is 8.10. The van der Waals surface area contributed by atoms with E-state index in [1.54, 1.807) is 11.3 Å². The summed E-state index contributed by atoms with van der Waals surface area (Å²) in [5.41, 5.74) is 0.754. The Labute approximate surface area is 152 Å². The fourth-order valence-electron chi connectivity index (χ4n) is 3.12. The van der Waals surface area contributed by atoms with Gasteiger partial charge in [-0.15, -0.1) is 10.2 Å². The van der Waals surface area contributed by atoms with Crippen molar-refractivity contribution in [1.82, 2.24) is 20.4 Å². The van der Waals surface area contributed by atoms with Crippen molar-refractivity contribution in [2.24, 2.45) is 5.92 Å². The Balaban J connectivity index is 1.49. The molecule has 1 N–H and O–H groups in total. The van der Waals surface area contributed by atoms with Gasteiger partial charge in [0.05, 0.1) is 6.04 Å². The minimum absolute atomic E-state index is 0.0305. The summed E-state index contributed by atoms with van der Waals surface area (Å²) in [6, 6.07) is 2.21. The first-order valence-corrected chi connectivity index (χ1v) is 9.86. The predicted octanol–water partition coefficient (Wildman–Crippen LogP) is 3.29. The number of nitrogens with zero attached hydrogens (tertiary/aromatic N) is 3. The van der Waals surface area contributed by atoms with Crippen molar-refractivity contribution in [1.29, 1.82) is 0 Å². The van der Waals surface area contributed by atoms with E-state index in [2.05, 4.69) is 41.2 Å². The van der Waals surface area contributed by atoms with Crippen LogP contribution in [0.4, 0.5) is 0 Å². The van der Waals surface area contributed by atoms with Crippen LogP contribution in [-0.2, 0) is 6.42 Å². The average Bonchev–Trinajstić information content (AvgIpc) is 3.26. The van der Waals surface area contributed by atoms with Gasteiger partial charge in [0.15, 0.2) is 0 Å². The third-order valence-corrected chi connectivity index (χ3v) is 5.30. The Kier molecular flexibility index (Phi) is 5.86. The molecule has 25 heavy (non-hydrogen) atoms. The second-order valence-corrected chi connectivity index (χ2v) is 7.88. The zero-order valence-corrected chi connectivity index (χ0v) is 15.9. The van der Waals surface area contributed by atoms with Gasteiger partial charge >= 0.3 is 0 Å². The van der Waals surface area contributed by atoms with E-state index in [1.165, 1.54) is 0 Å². The van der Waals surface area contributed by atoms with Crippen molar-refractivity contribution in [3.05, 3.63) is 34.2 Å². The number of likely N-dealkylation sites (tertiary alicyclic amines) is 1. The van der Waals surface area contributed by atoms with Gasteiger partial charge in [-0.25, -0.2) is 0 Å². The van der Waals surface area contributed by atoms with Crippen LogP contribution in [0.15, 0.2) is 21.2 Å². The van der Waals surface area contributed by atoms with Gasteiger partial charge in [-0.05, 0) is 37.1 Å². The Morgan fingerprint density at radius 3 is 2.76 bits per heavy atom. The van der Waals surface area contributed by atoms with Gasteiger partial charge in [-0.1, -0.05) is 13.8 Å². The van der Waals surface area contributed by atoms with Crippen LogP contribution in [0.1, 0.15) is 61.8 Å². The Bertz CT molecular complexity index is 675. The molecule has 1 aliphatic rings. The summed E-state index contributed by atoms with van der Waals surface area (Å²) in [5.74, 6) is 1.94. The van der Waals surface area contributed by atoms with Crippen LogP contribution in [0.2, 0.25) is 0 Å². The van der Waals surface area contributed by atoms with Crippen LogP contribution in [0, 0.1) is 5.92 Å². The Morgan fingerprint density at radius 1 is 1.36 bits per heavy atom. The predicted molar refractivity (Wildman–Crippen MR) is 97.6 cm³/mol. The Morgan fingerprint density at radius 2 is 2.12 bits per heavy atom. The van der Waals surface area contributed by atoms with Gasteiger partial charge in [0.1, 0.15) is 0 Å². The highest BCUT2D eigenvalue weighted by atomic mass is 32.1. The minimum atomic E-state index is 0.0305. The van der Waals surface area contributed by atoms with Gasteiger partial charge in [-0.3, -0.25) is 9.69 Å². The molecule has 6 nitrogen and oxygen atoms in total. The third-order valence-electron chi connectivity index (χ3n) is 4.62. The lowest BCUT2D eigenvalue weighted by atomic mass is 10.0. The summed E-state index contributed by atoms with van der Waals surface area (Å²) in [7, 11) is 0. The molecular formula is C18H26N4O2S. The SMILES string of the molecule is CC(C)Cc1nnc([C@@H](C)N2CCC(NC(=O)c3ccsc3)CC2)o1. The van der Waals surface area contributed by atoms with Gasteiger partial charge in [-0.2, -0.15) is 11.3 Å².